The Morgan fingerprint density at radius 3 is 3.06 bits per heavy atom. The van der Waals surface area contributed by atoms with Gasteiger partial charge in [-0.3, -0.25) is 0 Å². The van der Waals surface area contributed by atoms with Crippen LogP contribution in [0, 0.1) is 0 Å². The van der Waals surface area contributed by atoms with Crippen molar-refractivity contribution in [1.29, 1.82) is 0 Å². The van der Waals surface area contributed by atoms with Crippen LogP contribution in [0.1, 0.15) is 11.4 Å². The Morgan fingerprint density at radius 2 is 2.17 bits per heavy atom. The SMILES string of the molecule is NCCCc1ncc(-c2ccc3c(c2)OCO3)s1. The molecule has 18 heavy (non-hydrogen) atoms. The zero-order valence-corrected chi connectivity index (χ0v) is 10.7. The number of rotatable bonds is 4. The highest BCUT2D eigenvalue weighted by atomic mass is 32.1. The van der Waals surface area contributed by atoms with Gasteiger partial charge in [0.05, 0.1) is 9.88 Å². The molecule has 3 rings (SSSR count). The largest absolute Gasteiger partial charge is 0.454 e. The van der Waals surface area contributed by atoms with E-state index >= 15 is 0 Å². The second-order valence-corrected chi connectivity index (χ2v) is 5.19. The van der Waals surface area contributed by atoms with E-state index in [-0.39, 0.29) is 0 Å². The molecule has 2 heterocycles. The van der Waals surface area contributed by atoms with Gasteiger partial charge in [-0.05, 0) is 36.7 Å². The van der Waals surface area contributed by atoms with Gasteiger partial charge in [0, 0.05) is 12.6 Å². The number of hydrogen-bond donors (Lipinski definition) is 1. The van der Waals surface area contributed by atoms with Crippen molar-refractivity contribution in [2.75, 3.05) is 13.3 Å². The van der Waals surface area contributed by atoms with E-state index in [0.717, 1.165) is 39.8 Å². The highest BCUT2D eigenvalue weighted by Crippen LogP contribution is 2.37. The first kappa shape index (κ1) is 11.5. The molecule has 4 nitrogen and oxygen atoms in total. The highest BCUT2D eigenvalue weighted by Gasteiger charge is 2.14. The number of fused-ring (bicyclic) bond motifs is 1. The van der Waals surface area contributed by atoms with Crippen molar-refractivity contribution >= 4 is 11.3 Å². The van der Waals surface area contributed by atoms with Gasteiger partial charge in [-0.2, -0.15) is 0 Å². The Hall–Kier alpha value is -1.59. The molecule has 0 spiro atoms. The number of aryl methyl sites for hydroxylation is 1. The summed E-state index contributed by atoms with van der Waals surface area (Å²) in [7, 11) is 0. The molecule has 1 aromatic carbocycles. The fraction of sp³-hybridized carbons (Fsp3) is 0.308. The van der Waals surface area contributed by atoms with Crippen molar-refractivity contribution < 1.29 is 9.47 Å². The van der Waals surface area contributed by atoms with E-state index in [4.69, 9.17) is 15.2 Å². The van der Waals surface area contributed by atoms with Crippen LogP contribution in [0.2, 0.25) is 0 Å². The molecule has 0 fully saturated rings. The van der Waals surface area contributed by atoms with Crippen molar-refractivity contribution in [3.63, 3.8) is 0 Å². The van der Waals surface area contributed by atoms with Gasteiger partial charge in [0.25, 0.3) is 0 Å². The first-order valence-electron chi connectivity index (χ1n) is 5.91. The van der Waals surface area contributed by atoms with E-state index in [2.05, 4.69) is 4.98 Å². The summed E-state index contributed by atoms with van der Waals surface area (Å²) in [6, 6.07) is 5.98. The Kier molecular flexibility index (Phi) is 3.17. The molecule has 2 N–H and O–H groups in total. The van der Waals surface area contributed by atoms with Crippen LogP contribution in [0.15, 0.2) is 24.4 Å². The van der Waals surface area contributed by atoms with Crippen molar-refractivity contribution in [1.82, 2.24) is 4.98 Å². The van der Waals surface area contributed by atoms with Crippen molar-refractivity contribution in [2.45, 2.75) is 12.8 Å². The normalized spacial score (nSPS) is 12.9. The third-order valence-electron chi connectivity index (χ3n) is 2.81. The second kappa shape index (κ2) is 4.96. The van der Waals surface area contributed by atoms with Crippen LogP contribution in [0.4, 0.5) is 0 Å². The number of thiazole rings is 1. The average Bonchev–Trinajstić information content (AvgIpc) is 3.04. The van der Waals surface area contributed by atoms with Gasteiger partial charge >= 0.3 is 0 Å². The fourth-order valence-corrected chi connectivity index (χ4v) is 2.82. The number of benzene rings is 1. The predicted octanol–water partition coefficient (Wildman–Crippen LogP) is 2.43. The van der Waals surface area contributed by atoms with Crippen LogP contribution in [0.25, 0.3) is 10.4 Å². The first-order chi connectivity index (χ1) is 8.86. The van der Waals surface area contributed by atoms with E-state index < -0.39 is 0 Å². The van der Waals surface area contributed by atoms with Crippen LogP contribution in [-0.4, -0.2) is 18.3 Å². The number of ether oxygens (including phenoxy) is 2. The zero-order valence-electron chi connectivity index (χ0n) is 9.89. The molecule has 0 radical (unpaired) electrons. The topological polar surface area (TPSA) is 57.4 Å². The average molecular weight is 262 g/mol. The Morgan fingerprint density at radius 1 is 1.28 bits per heavy atom. The van der Waals surface area contributed by atoms with Gasteiger partial charge in [-0.15, -0.1) is 11.3 Å². The summed E-state index contributed by atoms with van der Waals surface area (Å²) < 4.78 is 10.7. The Labute approximate surface area is 109 Å². The standard InChI is InChI=1S/C13H14N2O2S/c14-5-1-2-13-15-7-12(18-13)9-3-4-10-11(6-9)17-8-16-10/h3-4,6-7H,1-2,5,8,14H2. The molecule has 5 heteroatoms. The third kappa shape index (κ3) is 2.19. The summed E-state index contributed by atoms with van der Waals surface area (Å²) in [5, 5.41) is 1.13. The maximum absolute atomic E-state index is 5.50. The van der Waals surface area contributed by atoms with Crippen LogP contribution in [0.3, 0.4) is 0 Å². The lowest BCUT2D eigenvalue weighted by Gasteiger charge is -1.99. The molecule has 0 aliphatic carbocycles. The number of nitrogens with zero attached hydrogens (tertiary/aromatic N) is 1. The maximum atomic E-state index is 5.50. The molecular weight excluding hydrogens is 248 g/mol. The number of aromatic nitrogens is 1. The smallest absolute Gasteiger partial charge is 0.231 e. The van der Waals surface area contributed by atoms with Crippen molar-refractivity contribution in [2.24, 2.45) is 5.73 Å². The Bertz CT molecular complexity index is 554. The Balaban J connectivity index is 1.83. The van der Waals surface area contributed by atoms with E-state index in [1.807, 2.05) is 24.4 Å². The monoisotopic (exact) mass is 262 g/mol. The van der Waals surface area contributed by atoms with E-state index in [1.54, 1.807) is 11.3 Å². The van der Waals surface area contributed by atoms with E-state index in [1.165, 1.54) is 0 Å². The minimum Gasteiger partial charge on any atom is -0.454 e. The molecule has 1 aromatic heterocycles. The van der Waals surface area contributed by atoms with Gasteiger partial charge in [0.1, 0.15) is 0 Å². The molecule has 0 amide bonds. The van der Waals surface area contributed by atoms with E-state index in [0.29, 0.717) is 13.3 Å². The fourth-order valence-electron chi connectivity index (χ4n) is 1.86. The minimum atomic E-state index is 0.309. The third-order valence-corrected chi connectivity index (χ3v) is 3.91. The maximum Gasteiger partial charge on any atom is 0.231 e. The summed E-state index contributed by atoms with van der Waals surface area (Å²) in [6.45, 7) is 1.02. The summed E-state index contributed by atoms with van der Waals surface area (Å²) in [6.07, 6.45) is 3.84. The molecule has 0 bridgehead atoms. The molecule has 1 aliphatic heterocycles. The molecule has 94 valence electrons. The minimum absolute atomic E-state index is 0.309. The van der Waals surface area contributed by atoms with Gasteiger partial charge in [0.2, 0.25) is 6.79 Å². The van der Waals surface area contributed by atoms with Gasteiger partial charge in [-0.1, -0.05) is 0 Å². The quantitative estimate of drug-likeness (QED) is 0.919. The molecule has 1 aliphatic rings. The second-order valence-electron chi connectivity index (χ2n) is 4.08. The molecule has 0 atom stereocenters. The van der Waals surface area contributed by atoms with Crippen LogP contribution < -0.4 is 15.2 Å². The lowest BCUT2D eigenvalue weighted by Crippen LogP contribution is -1.99. The summed E-state index contributed by atoms with van der Waals surface area (Å²) in [4.78, 5) is 5.57. The van der Waals surface area contributed by atoms with Crippen LogP contribution in [-0.2, 0) is 6.42 Å². The number of nitrogens with two attached hydrogens (primary N) is 1. The lowest BCUT2D eigenvalue weighted by molar-refractivity contribution is 0.174. The summed E-state index contributed by atoms with van der Waals surface area (Å²) in [5.74, 6) is 1.62. The zero-order chi connectivity index (χ0) is 12.4. The summed E-state index contributed by atoms with van der Waals surface area (Å²) >= 11 is 1.71. The molecule has 2 aromatic rings. The molecular formula is C13H14N2O2S. The van der Waals surface area contributed by atoms with Crippen LogP contribution in [0.5, 0.6) is 11.5 Å². The molecule has 0 unspecified atom stereocenters. The lowest BCUT2D eigenvalue weighted by atomic mass is 10.2. The van der Waals surface area contributed by atoms with E-state index in [9.17, 15) is 0 Å². The van der Waals surface area contributed by atoms with Crippen molar-refractivity contribution in [3.8, 4) is 21.9 Å². The predicted molar refractivity (Wildman–Crippen MR) is 71.0 cm³/mol. The summed E-state index contributed by atoms with van der Waals surface area (Å²) in [5.41, 5.74) is 6.62. The first-order valence-corrected chi connectivity index (χ1v) is 6.73. The number of hydrogen-bond acceptors (Lipinski definition) is 5. The molecule has 0 saturated heterocycles. The van der Waals surface area contributed by atoms with Gasteiger partial charge < -0.3 is 15.2 Å². The van der Waals surface area contributed by atoms with Crippen LogP contribution >= 0.6 is 11.3 Å². The molecule has 0 saturated carbocycles. The van der Waals surface area contributed by atoms with Gasteiger partial charge in [0.15, 0.2) is 11.5 Å². The van der Waals surface area contributed by atoms with Crippen molar-refractivity contribution in [3.05, 3.63) is 29.4 Å². The van der Waals surface area contributed by atoms with Gasteiger partial charge in [-0.25, -0.2) is 4.98 Å². The highest BCUT2D eigenvalue weighted by molar-refractivity contribution is 7.15.